The third kappa shape index (κ3) is 2.47. The molecule has 0 fully saturated rings. The summed E-state index contributed by atoms with van der Waals surface area (Å²) >= 11 is 1.57. The predicted octanol–water partition coefficient (Wildman–Crippen LogP) is 3.62. The van der Waals surface area contributed by atoms with Crippen LogP contribution in [0.4, 0.5) is 0 Å². The highest BCUT2D eigenvalue weighted by Gasteiger charge is 2.19. The molecule has 0 spiro atoms. The summed E-state index contributed by atoms with van der Waals surface area (Å²) in [4.78, 5) is 17.9. The van der Waals surface area contributed by atoms with Gasteiger partial charge in [-0.05, 0) is 24.6 Å². The maximum atomic E-state index is 12.6. The van der Waals surface area contributed by atoms with Gasteiger partial charge in [0.15, 0.2) is 4.96 Å². The minimum Gasteiger partial charge on any atom is -0.278 e. The molecule has 0 aliphatic rings. The maximum absolute atomic E-state index is 12.6. The molecule has 118 valence electrons. The molecule has 0 atom stereocenters. The molecule has 2 aromatic carbocycles. The fourth-order valence-corrected chi connectivity index (χ4v) is 3.72. The van der Waals surface area contributed by atoms with Gasteiger partial charge in [-0.25, -0.2) is 10.4 Å². The van der Waals surface area contributed by atoms with E-state index < -0.39 is 0 Å². The zero-order valence-electron chi connectivity index (χ0n) is 12.9. The summed E-state index contributed by atoms with van der Waals surface area (Å²) in [5.74, 6) is -0.268. The van der Waals surface area contributed by atoms with Crippen molar-refractivity contribution in [2.75, 3.05) is 0 Å². The van der Waals surface area contributed by atoms with Crippen molar-refractivity contribution in [1.82, 2.24) is 14.8 Å². The third-order valence-electron chi connectivity index (χ3n) is 3.72. The van der Waals surface area contributed by atoms with Gasteiger partial charge in [-0.15, -0.1) is 0 Å². The average molecular weight is 334 g/mol. The highest BCUT2D eigenvalue weighted by molar-refractivity contribution is 7.23. The van der Waals surface area contributed by atoms with Crippen LogP contribution in [-0.2, 0) is 0 Å². The molecule has 5 nitrogen and oxygen atoms in total. The van der Waals surface area contributed by atoms with Gasteiger partial charge in [-0.1, -0.05) is 53.8 Å². The van der Waals surface area contributed by atoms with Crippen LogP contribution in [0, 0.1) is 6.92 Å². The van der Waals surface area contributed by atoms with Crippen molar-refractivity contribution in [2.24, 2.45) is 5.10 Å². The number of rotatable bonds is 3. The Morgan fingerprint density at radius 1 is 1.17 bits per heavy atom. The molecular formula is C18H14N4OS. The molecule has 0 radical (unpaired) electrons. The van der Waals surface area contributed by atoms with Gasteiger partial charge in [0, 0.05) is 0 Å². The Morgan fingerprint density at radius 2 is 1.92 bits per heavy atom. The molecule has 4 aromatic rings. The predicted molar refractivity (Wildman–Crippen MR) is 96.8 cm³/mol. The van der Waals surface area contributed by atoms with Crippen molar-refractivity contribution in [1.29, 1.82) is 0 Å². The van der Waals surface area contributed by atoms with E-state index in [1.807, 2.05) is 65.9 Å². The largest absolute Gasteiger partial charge is 0.290 e. The number of para-hydroxylation sites is 1. The summed E-state index contributed by atoms with van der Waals surface area (Å²) in [5, 5.41) is 4.05. The van der Waals surface area contributed by atoms with Crippen LogP contribution in [0.15, 0.2) is 59.7 Å². The zero-order chi connectivity index (χ0) is 16.5. The molecule has 2 heterocycles. The van der Waals surface area contributed by atoms with Gasteiger partial charge in [-0.2, -0.15) is 5.10 Å². The monoisotopic (exact) mass is 334 g/mol. The van der Waals surface area contributed by atoms with Crippen LogP contribution in [0.25, 0.3) is 15.2 Å². The summed E-state index contributed by atoms with van der Waals surface area (Å²) < 4.78 is 2.99. The number of aromatic nitrogens is 2. The van der Waals surface area contributed by atoms with E-state index in [4.69, 9.17) is 0 Å². The topological polar surface area (TPSA) is 58.8 Å². The second-order valence-electron chi connectivity index (χ2n) is 5.34. The Morgan fingerprint density at radius 3 is 2.75 bits per heavy atom. The van der Waals surface area contributed by atoms with Crippen molar-refractivity contribution in [3.63, 3.8) is 0 Å². The number of aryl methyl sites for hydroxylation is 1. The van der Waals surface area contributed by atoms with E-state index in [2.05, 4.69) is 15.5 Å². The number of nitrogens with one attached hydrogen (secondary N) is 1. The van der Waals surface area contributed by atoms with Gasteiger partial charge in [-0.3, -0.25) is 9.20 Å². The number of fused-ring (bicyclic) bond motifs is 3. The van der Waals surface area contributed by atoms with Gasteiger partial charge in [0.05, 0.1) is 22.1 Å². The number of carbonyl (C=O) groups is 1. The molecule has 0 saturated heterocycles. The SMILES string of the molecule is Cc1nc2sc3ccccc3n2c1C(=O)N/N=C/c1ccccc1. The first kappa shape index (κ1) is 14.6. The number of amides is 1. The Labute approximate surface area is 142 Å². The van der Waals surface area contributed by atoms with E-state index in [1.165, 1.54) is 0 Å². The minimum atomic E-state index is -0.268. The summed E-state index contributed by atoms with van der Waals surface area (Å²) in [7, 11) is 0. The van der Waals surface area contributed by atoms with E-state index in [0.717, 1.165) is 20.7 Å². The smallest absolute Gasteiger partial charge is 0.278 e. The van der Waals surface area contributed by atoms with Crippen LogP contribution < -0.4 is 5.43 Å². The van der Waals surface area contributed by atoms with Gasteiger partial charge in [0.25, 0.3) is 5.91 Å². The summed E-state index contributed by atoms with van der Waals surface area (Å²) in [6.07, 6.45) is 1.62. The molecular weight excluding hydrogens is 320 g/mol. The van der Waals surface area contributed by atoms with Crippen LogP contribution in [0.3, 0.4) is 0 Å². The van der Waals surface area contributed by atoms with Crippen LogP contribution in [0.2, 0.25) is 0 Å². The van der Waals surface area contributed by atoms with E-state index >= 15 is 0 Å². The molecule has 2 aromatic heterocycles. The second-order valence-corrected chi connectivity index (χ2v) is 6.35. The Kier molecular flexibility index (Phi) is 3.59. The lowest BCUT2D eigenvalue weighted by Crippen LogP contribution is -2.20. The van der Waals surface area contributed by atoms with Crippen LogP contribution in [-0.4, -0.2) is 21.5 Å². The van der Waals surface area contributed by atoms with Crippen molar-refractivity contribution in [3.8, 4) is 0 Å². The third-order valence-corrected chi connectivity index (χ3v) is 4.74. The number of imidazole rings is 1. The van der Waals surface area contributed by atoms with E-state index in [9.17, 15) is 4.79 Å². The first-order chi connectivity index (χ1) is 11.7. The van der Waals surface area contributed by atoms with Crippen LogP contribution >= 0.6 is 11.3 Å². The van der Waals surface area contributed by atoms with Crippen molar-refractivity contribution in [3.05, 3.63) is 71.5 Å². The highest BCUT2D eigenvalue weighted by Crippen LogP contribution is 2.28. The van der Waals surface area contributed by atoms with E-state index in [0.29, 0.717) is 11.4 Å². The molecule has 0 aliphatic carbocycles. The lowest BCUT2D eigenvalue weighted by atomic mass is 10.2. The minimum absolute atomic E-state index is 0.268. The molecule has 4 rings (SSSR count). The number of carbonyl (C=O) groups excluding carboxylic acids is 1. The van der Waals surface area contributed by atoms with Crippen molar-refractivity contribution >= 4 is 38.6 Å². The lowest BCUT2D eigenvalue weighted by molar-refractivity contribution is 0.0949. The first-order valence-corrected chi connectivity index (χ1v) is 8.31. The number of nitrogens with zero attached hydrogens (tertiary/aromatic N) is 3. The Bertz CT molecular complexity index is 1060. The molecule has 1 N–H and O–H groups in total. The number of hydrazone groups is 1. The average Bonchev–Trinajstić information content (AvgIpc) is 3.10. The molecule has 0 unspecified atom stereocenters. The van der Waals surface area contributed by atoms with E-state index in [1.54, 1.807) is 17.6 Å². The van der Waals surface area contributed by atoms with Crippen molar-refractivity contribution < 1.29 is 4.79 Å². The molecule has 0 saturated carbocycles. The Balaban J connectivity index is 1.69. The molecule has 6 heteroatoms. The van der Waals surface area contributed by atoms with Gasteiger partial charge in [0.2, 0.25) is 0 Å². The van der Waals surface area contributed by atoms with Gasteiger partial charge in [0.1, 0.15) is 5.69 Å². The van der Waals surface area contributed by atoms with Gasteiger partial charge < -0.3 is 0 Å². The Hall–Kier alpha value is -2.99. The van der Waals surface area contributed by atoms with Gasteiger partial charge >= 0.3 is 0 Å². The molecule has 0 bridgehead atoms. The zero-order valence-corrected chi connectivity index (χ0v) is 13.7. The van der Waals surface area contributed by atoms with Crippen molar-refractivity contribution in [2.45, 2.75) is 6.92 Å². The first-order valence-electron chi connectivity index (χ1n) is 7.49. The molecule has 0 aliphatic heterocycles. The normalized spacial score (nSPS) is 11.5. The fourth-order valence-electron chi connectivity index (χ4n) is 2.65. The summed E-state index contributed by atoms with van der Waals surface area (Å²) in [6.45, 7) is 1.84. The fraction of sp³-hybridized carbons (Fsp3) is 0.0556. The van der Waals surface area contributed by atoms with E-state index in [-0.39, 0.29) is 5.91 Å². The standard InChI is InChI=1S/C18H14N4OS/c1-12-16(17(23)21-19-11-13-7-3-2-4-8-13)22-14-9-5-6-10-15(14)24-18(22)20-12/h2-11H,1H3,(H,21,23)/b19-11+. The molecule has 1 amide bonds. The lowest BCUT2D eigenvalue weighted by Gasteiger charge is -2.01. The maximum Gasteiger partial charge on any atom is 0.290 e. The summed E-state index contributed by atoms with van der Waals surface area (Å²) in [5.41, 5.74) is 5.72. The summed E-state index contributed by atoms with van der Waals surface area (Å²) in [6, 6.07) is 17.6. The number of hydrogen-bond donors (Lipinski definition) is 1. The van der Waals surface area contributed by atoms with Crippen LogP contribution in [0.1, 0.15) is 21.7 Å². The highest BCUT2D eigenvalue weighted by atomic mass is 32.1. The molecule has 24 heavy (non-hydrogen) atoms. The number of thiazole rings is 1. The number of benzene rings is 2. The van der Waals surface area contributed by atoms with Crippen LogP contribution in [0.5, 0.6) is 0 Å². The second kappa shape index (κ2) is 5.90. The quantitative estimate of drug-likeness (QED) is 0.459. The number of hydrogen-bond acceptors (Lipinski definition) is 4.